The van der Waals surface area contributed by atoms with Gasteiger partial charge in [-0.25, -0.2) is 4.98 Å². The molecular formula is C12H17BrN2O2. The van der Waals surface area contributed by atoms with Crippen LogP contribution in [-0.2, 0) is 0 Å². The van der Waals surface area contributed by atoms with Gasteiger partial charge in [0.25, 0.3) is 5.91 Å². The molecule has 1 aromatic heterocycles. The SMILES string of the molecule is CCC(C)(CCO)NC(=O)c1ccc(Br)cn1. The molecule has 0 aliphatic heterocycles. The van der Waals surface area contributed by atoms with Gasteiger partial charge in [0.15, 0.2) is 0 Å². The molecule has 0 radical (unpaired) electrons. The van der Waals surface area contributed by atoms with E-state index in [1.807, 2.05) is 13.8 Å². The van der Waals surface area contributed by atoms with Crippen molar-refractivity contribution in [1.29, 1.82) is 0 Å². The second-order valence-electron chi connectivity index (χ2n) is 4.20. The first-order valence-corrected chi connectivity index (χ1v) is 6.35. The quantitative estimate of drug-likeness (QED) is 0.875. The van der Waals surface area contributed by atoms with E-state index in [9.17, 15) is 4.79 Å². The number of aromatic nitrogens is 1. The van der Waals surface area contributed by atoms with Gasteiger partial charge in [-0.2, -0.15) is 0 Å². The van der Waals surface area contributed by atoms with Gasteiger partial charge >= 0.3 is 0 Å². The number of amides is 1. The lowest BCUT2D eigenvalue weighted by molar-refractivity contribution is 0.0881. The molecule has 1 heterocycles. The average Bonchev–Trinajstić information content (AvgIpc) is 2.30. The van der Waals surface area contributed by atoms with Crippen molar-refractivity contribution in [3.63, 3.8) is 0 Å². The molecule has 0 saturated carbocycles. The number of nitrogens with one attached hydrogen (secondary N) is 1. The van der Waals surface area contributed by atoms with Crippen molar-refractivity contribution >= 4 is 21.8 Å². The molecule has 4 nitrogen and oxygen atoms in total. The van der Waals surface area contributed by atoms with Crippen LogP contribution in [0.15, 0.2) is 22.8 Å². The van der Waals surface area contributed by atoms with Gasteiger partial charge < -0.3 is 10.4 Å². The monoisotopic (exact) mass is 300 g/mol. The van der Waals surface area contributed by atoms with Gasteiger partial charge in [-0.3, -0.25) is 4.79 Å². The lowest BCUT2D eigenvalue weighted by Crippen LogP contribution is -2.46. The van der Waals surface area contributed by atoms with Gasteiger partial charge in [0.2, 0.25) is 0 Å². The largest absolute Gasteiger partial charge is 0.396 e. The second kappa shape index (κ2) is 6.12. The Bertz CT molecular complexity index is 381. The van der Waals surface area contributed by atoms with Crippen molar-refractivity contribution in [2.75, 3.05) is 6.61 Å². The van der Waals surface area contributed by atoms with E-state index >= 15 is 0 Å². The standard InChI is InChI=1S/C12H17BrN2O2/c1-3-12(2,6-7-16)15-11(17)10-5-4-9(13)8-14-10/h4-5,8,16H,3,6-7H2,1-2H3,(H,15,17). The minimum atomic E-state index is -0.388. The van der Waals surface area contributed by atoms with Gasteiger partial charge in [-0.1, -0.05) is 6.92 Å². The van der Waals surface area contributed by atoms with Gasteiger partial charge in [-0.15, -0.1) is 0 Å². The first-order chi connectivity index (χ1) is 8.00. The van der Waals surface area contributed by atoms with Crippen LogP contribution in [0.4, 0.5) is 0 Å². The maximum Gasteiger partial charge on any atom is 0.270 e. The van der Waals surface area contributed by atoms with E-state index in [4.69, 9.17) is 5.11 Å². The Balaban J connectivity index is 2.74. The number of aliphatic hydroxyl groups is 1. The molecule has 1 amide bonds. The van der Waals surface area contributed by atoms with Gasteiger partial charge in [0.05, 0.1) is 0 Å². The molecule has 5 heteroatoms. The maximum atomic E-state index is 11.9. The first-order valence-electron chi connectivity index (χ1n) is 5.55. The Morgan fingerprint density at radius 3 is 2.76 bits per heavy atom. The fourth-order valence-electron chi connectivity index (χ4n) is 1.42. The zero-order chi connectivity index (χ0) is 12.9. The van der Waals surface area contributed by atoms with E-state index in [2.05, 4.69) is 26.2 Å². The summed E-state index contributed by atoms with van der Waals surface area (Å²) in [6, 6.07) is 3.44. The van der Waals surface area contributed by atoms with Crippen molar-refractivity contribution in [2.24, 2.45) is 0 Å². The summed E-state index contributed by atoms with van der Waals surface area (Å²) in [7, 11) is 0. The molecule has 0 aromatic carbocycles. The summed E-state index contributed by atoms with van der Waals surface area (Å²) < 4.78 is 0.836. The van der Waals surface area contributed by atoms with Gasteiger partial charge in [0, 0.05) is 22.8 Å². The molecule has 0 fully saturated rings. The molecule has 1 rings (SSSR count). The molecule has 0 saturated heterocycles. The molecule has 0 aliphatic carbocycles. The molecule has 17 heavy (non-hydrogen) atoms. The molecular weight excluding hydrogens is 284 g/mol. The molecule has 1 atom stereocenters. The number of hydrogen-bond donors (Lipinski definition) is 2. The topological polar surface area (TPSA) is 62.2 Å². The third-order valence-electron chi connectivity index (χ3n) is 2.82. The van der Waals surface area contributed by atoms with Crippen LogP contribution in [0, 0.1) is 0 Å². The van der Waals surface area contributed by atoms with Crippen LogP contribution in [0.2, 0.25) is 0 Å². The van der Waals surface area contributed by atoms with E-state index in [1.54, 1.807) is 18.3 Å². The summed E-state index contributed by atoms with van der Waals surface area (Å²) >= 11 is 3.27. The highest BCUT2D eigenvalue weighted by Gasteiger charge is 2.24. The number of pyridine rings is 1. The third kappa shape index (κ3) is 4.09. The van der Waals surface area contributed by atoms with Crippen LogP contribution in [0.1, 0.15) is 37.2 Å². The minimum Gasteiger partial charge on any atom is -0.396 e. The van der Waals surface area contributed by atoms with Crippen molar-refractivity contribution in [3.05, 3.63) is 28.5 Å². The van der Waals surface area contributed by atoms with E-state index in [0.29, 0.717) is 12.1 Å². The summed E-state index contributed by atoms with van der Waals surface area (Å²) in [6.07, 6.45) is 2.88. The van der Waals surface area contributed by atoms with Crippen LogP contribution in [0.25, 0.3) is 0 Å². The predicted octanol–water partition coefficient (Wildman–Crippen LogP) is 2.12. The molecule has 0 spiro atoms. The van der Waals surface area contributed by atoms with E-state index in [1.165, 1.54) is 0 Å². The third-order valence-corrected chi connectivity index (χ3v) is 3.29. The predicted molar refractivity (Wildman–Crippen MR) is 69.8 cm³/mol. The Labute approximate surface area is 110 Å². The lowest BCUT2D eigenvalue weighted by atomic mass is 9.94. The number of carbonyl (C=O) groups excluding carboxylic acids is 1. The average molecular weight is 301 g/mol. The highest BCUT2D eigenvalue weighted by atomic mass is 79.9. The minimum absolute atomic E-state index is 0.0540. The van der Waals surface area contributed by atoms with Crippen LogP contribution < -0.4 is 5.32 Å². The molecule has 94 valence electrons. The summed E-state index contributed by atoms with van der Waals surface area (Å²) in [4.78, 5) is 16.0. The Kier molecular flexibility index (Phi) is 5.08. The highest BCUT2D eigenvalue weighted by molar-refractivity contribution is 9.10. The van der Waals surface area contributed by atoms with Crippen molar-refractivity contribution in [2.45, 2.75) is 32.2 Å². The van der Waals surface area contributed by atoms with Gasteiger partial charge in [0.1, 0.15) is 5.69 Å². The van der Waals surface area contributed by atoms with Crippen molar-refractivity contribution in [3.8, 4) is 0 Å². The summed E-state index contributed by atoms with van der Waals surface area (Å²) in [6.45, 7) is 3.95. The van der Waals surface area contributed by atoms with Crippen molar-refractivity contribution < 1.29 is 9.90 Å². The molecule has 0 aliphatic rings. The highest BCUT2D eigenvalue weighted by Crippen LogP contribution is 2.15. The number of carbonyl (C=O) groups is 1. The molecule has 0 bridgehead atoms. The summed E-state index contributed by atoms with van der Waals surface area (Å²) in [5, 5.41) is 11.9. The fraction of sp³-hybridized carbons (Fsp3) is 0.500. The Hall–Kier alpha value is -0.940. The normalized spacial score (nSPS) is 14.1. The number of hydrogen-bond acceptors (Lipinski definition) is 3. The molecule has 2 N–H and O–H groups in total. The van der Waals surface area contributed by atoms with Crippen LogP contribution in [0.3, 0.4) is 0 Å². The zero-order valence-corrected chi connectivity index (χ0v) is 11.6. The van der Waals surface area contributed by atoms with Crippen molar-refractivity contribution in [1.82, 2.24) is 10.3 Å². The molecule has 1 unspecified atom stereocenters. The number of aliphatic hydroxyl groups excluding tert-OH is 1. The number of rotatable bonds is 5. The summed E-state index contributed by atoms with van der Waals surface area (Å²) in [5.41, 5.74) is -0.00792. The van der Waals surface area contributed by atoms with E-state index < -0.39 is 0 Å². The zero-order valence-electron chi connectivity index (χ0n) is 10.0. The van der Waals surface area contributed by atoms with E-state index in [0.717, 1.165) is 10.9 Å². The van der Waals surface area contributed by atoms with Crippen LogP contribution in [0.5, 0.6) is 0 Å². The van der Waals surface area contributed by atoms with Gasteiger partial charge in [-0.05, 0) is 47.8 Å². The number of halogens is 1. The summed E-state index contributed by atoms with van der Waals surface area (Å²) in [5.74, 6) is -0.213. The number of nitrogens with zero attached hydrogens (tertiary/aromatic N) is 1. The van der Waals surface area contributed by atoms with E-state index in [-0.39, 0.29) is 18.1 Å². The fourth-order valence-corrected chi connectivity index (χ4v) is 1.66. The second-order valence-corrected chi connectivity index (χ2v) is 5.12. The smallest absolute Gasteiger partial charge is 0.270 e. The molecule has 1 aromatic rings. The van der Waals surface area contributed by atoms with Crippen LogP contribution >= 0.6 is 15.9 Å². The maximum absolute atomic E-state index is 11.9. The Morgan fingerprint density at radius 2 is 2.29 bits per heavy atom. The first kappa shape index (κ1) is 14.1. The van der Waals surface area contributed by atoms with Crippen LogP contribution in [-0.4, -0.2) is 28.1 Å². The Morgan fingerprint density at radius 1 is 1.59 bits per heavy atom. The lowest BCUT2D eigenvalue weighted by Gasteiger charge is -2.28.